The number of sulfone groups is 1. The molecule has 0 atom stereocenters. The molecule has 1 N–H and O–H groups in total. The average molecular weight is 338 g/mol. The predicted octanol–water partition coefficient (Wildman–Crippen LogP) is 3.69. The molecule has 0 aromatic heterocycles. The molecule has 4 nitrogen and oxygen atoms in total. The van der Waals surface area contributed by atoms with Gasteiger partial charge in [0, 0.05) is 10.7 Å². The quantitative estimate of drug-likeness (QED) is 0.925. The van der Waals surface area contributed by atoms with Gasteiger partial charge in [0.2, 0.25) is 0 Å². The van der Waals surface area contributed by atoms with Gasteiger partial charge in [0.15, 0.2) is 9.84 Å². The first-order chi connectivity index (χ1) is 10.3. The molecule has 0 aliphatic carbocycles. The maximum absolute atomic E-state index is 12.4. The highest BCUT2D eigenvalue weighted by molar-refractivity contribution is 7.91. The Morgan fingerprint density at radius 3 is 2.55 bits per heavy atom. The summed E-state index contributed by atoms with van der Waals surface area (Å²) < 4.78 is 24.2. The van der Waals surface area contributed by atoms with Crippen molar-refractivity contribution in [3.05, 3.63) is 58.6 Å². The lowest BCUT2D eigenvalue weighted by Crippen LogP contribution is -2.17. The van der Waals surface area contributed by atoms with Crippen LogP contribution in [0.15, 0.2) is 47.4 Å². The van der Waals surface area contributed by atoms with E-state index in [4.69, 9.17) is 11.6 Å². The molecule has 0 bridgehead atoms. The molecular weight excluding hydrogens is 322 g/mol. The van der Waals surface area contributed by atoms with Gasteiger partial charge < -0.3 is 5.32 Å². The predicted molar refractivity (Wildman–Crippen MR) is 88.3 cm³/mol. The SMILES string of the molecule is CCS(=O)(=O)c1ccccc1C(=O)Nc1cc(Cl)ccc1C. The maximum atomic E-state index is 12.4. The van der Waals surface area contributed by atoms with E-state index in [0.717, 1.165) is 5.56 Å². The molecule has 6 heteroatoms. The van der Waals surface area contributed by atoms with Gasteiger partial charge in [-0.3, -0.25) is 4.79 Å². The molecule has 0 aliphatic rings. The van der Waals surface area contributed by atoms with Crippen LogP contribution in [-0.2, 0) is 9.84 Å². The minimum absolute atomic E-state index is 0.0367. The molecule has 0 saturated heterocycles. The number of carbonyl (C=O) groups is 1. The fraction of sp³-hybridized carbons (Fsp3) is 0.188. The molecule has 0 aliphatic heterocycles. The van der Waals surface area contributed by atoms with Crippen LogP contribution < -0.4 is 5.32 Å². The van der Waals surface area contributed by atoms with Crippen molar-refractivity contribution in [3.63, 3.8) is 0 Å². The molecule has 2 rings (SSSR count). The number of amides is 1. The maximum Gasteiger partial charge on any atom is 0.256 e. The summed E-state index contributed by atoms with van der Waals surface area (Å²) in [6, 6.07) is 11.3. The second-order valence-corrected chi connectivity index (χ2v) is 7.50. The monoisotopic (exact) mass is 337 g/mol. The number of halogens is 1. The average Bonchev–Trinajstić information content (AvgIpc) is 2.51. The first kappa shape index (κ1) is 16.5. The van der Waals surface area contributed by atoms with Crippen molar-refractivity contribution < 1.29 is 13.2 Å². The standard InChI is InChI=1S/C16H16ClNO3S/c1-3-22(20,21)15-7-5-4-6-13(15)16(19)18-14-10-12(17)9-8-11(14)2/h4-10H,3H2,1-2H3,(H,18,19). The summed E-state index contributed by atoms with van der Waals surface area (Å²) in [6.45, 7) is 3.38. The van der Waals surface area contributed by atoms with Crippen molar-refractivity contribution in [2.75, 3.05) is 11.1 Å². The number of hydrogen-bond acceptors (Lipinski definition) is 3. The third-order valence-corrected chi connectivity index (χ3v) is 5.32. The minimum Gasteiger partial charge on any atom is -0.322 e. The van der Waals surface area contributed by atoms with Crippen molar-refractivity contribution in [3.8, 4) is 0 Å². The molecular formula is C16H16ClNO3S. The third kappa shape index (κ3) is 3.48. The molecule has 116 valence electrons. The van der Waals surface area contributed by atoms with Crippen LogP contribution in [0, 0.1) is 6.92 Å². The van der Waals surface area contributed by atoms with E-state index in [1.165, 1.54) is 12.1 Å². The van der Waals surface area contributed by atoms with Gasteiger partial charge in [-0.2, -0.15) is 0 Å². The summed E-state index contributed by atoms with van der Waals surface area (Å²) >= 11 is 5.93. The van der Waals surface area contributed by atoms with Crippen molar-refractivity contribution in [2.45, 2.75) is 18.7 Å². The lowest BCUT2D eigenvalue weighted by atomic mass is 10.1. The van der Waals surface area contributed by atoms with Crippen molar-refractivity contribution >= 4 is 33.0 Å². The normalized spacial score (nSPS) is 11.2. The summed E-state index contributed by atoms with van der Waals surface area (Å²) in [4.78, 5) is 12.5. The highest BCUT2D eigenvalue weighted by Crippen LogP contribution is 2.23. The largest absolute Gasteiger partial charge is 0.322 e. The Morgan fingerprint density at radius 1 is 1.18 bits per heavy atom. The molecule has 22 heavy (non-hydrogen) atoms. The minimum atomic E-state index is -3.47. The summed E-state index contributed by atoms with van der Waals surface area (Å²) in [5, 5.41) is 3.21. The van der Waals surface area contributed by atoms with Crippen LogP contribution in [0.2, 0.25) is 5.02 Å². The molecule has 0 radical (unpaired) electrons. The highest BCUT2D eigenvalue weighted by Gasteiger charge is 2.20. The lowest BCUT2D eigenvalue weighted by Gasteiger charge is -2.12. The van der Waals surface area contributed by atoms with Crippen LogP contribution in [0.5, 0.6) is 0 Å². The summed E-state index contributed by atoms with van der Waals surface area (Å²) in [6.07, 6.45) is 0. The Kier molecular flexibility index (Phi) is 4.88. The zero-order valence-corrected chi connectivity index (χ0v) is 13.8. The smallest absolute Gasteiger partial charge is 0.256 e. The van der Waals surface area contributed by atoms with Crippen LogP contribution in [0.4, 0.5) is 5.69 Å². The summed E-state index contributed by atoms with van der Waals surface area (Å²) in [7, 11) is -3.47. The number of rotatable bonds is 4. The van der Waals surface area contributed by atoms with Crippen molar-refractivity contribution in [1.29, 1.82) is 0 Å². The van der Waals surface area contributed by atoms with Gasteiger partial charge in [-0.05, 0) is 36.8 Å². The van der Waals surface area contributed by atoms with E-state index in [1.54, 1.807) is 37.3 Å². The van der Waals surface area contributed by atoms with Gasteiger partial charge >= 0.3 is 0 Å². The Bertz CT molecular complexity index is 816. The van der Waals surface area contributed by atoms with E-state index in [0.29, 0.717) is 10.7 Å². The Labute approximate surface area is 135 Å². The van der Waals surface area contributed by atoms with Gasteiger partial charge in [-0.15, -0.1) is 0 Å². The van der Waals surface area contributed by atoms with Crippen LogP contribution in [0.1, 0.15) is 22.8 Å². The van der Waals surface area contributed by atoms with E-state index >= 15 is 0 Å². The topological polar surface area (TPSA) is 63.2 Å². The zero-order valence-electron chi connectivity index (χ0n) is 12.3. The van der Waals surface area contributed by atoms with Gasteiger partial charge in [-0.25, -0.2) is 8.42 Å². The van der Waals surface area contributed by atoms with E-state index in [2.05, 4.69) is 5.32 Å². The van der Waals surface area contributed by atoms with Gasteiger partial charge in [-0.1, -0.05) is 36.7 Å². The lowest BCUT2D eigenvalue weighted by molar-refractivity contribution is 0.102. The van der Waals surface area contributed by atoms with Crippen LogP contribution in [0.3, 0.4) is 0 Å². The number of aryl methyl sites for hydroxylation is 1. The van der Waals surface area contributed by atoms with E-state index < -0.39 is 15.7 Å². The van der Waals surface area contributed by atoms with E-state index in [9.17, 15) is 13.2 Å². The molecule has 0 spiro atoms. The summed E-state index contributed by atoms with van der Waals surface area (Å²) in [5.41, 5.74) is 1.53. The molecule has 0 fully saturated rings. The number of carbonyl (C=O) groups excluding carboxylic acids is 1. The second kappa shape index (κ2) is 6.50. The molecule has 1 amide bonds. The van der Waals surface area contributed by atoms with Crippen LogP contribution in [0.25, 0.3) is 0 Å². The second-order valence-electron chi connectivity index (χ2n) is 4.81. The van der Waals surface area contributed by atoms with Gasteiger partial charge in [0.25, 0.3) is 5.91 Å². The molecule has 2 aromatic rings. The Morgan fingerprint density at radius 2 is 1.86 bits per heavy atom. The first-order valence-electron chi connectivity index (χ1n) is 6.74. The van der Waals surface area contributed by atoms with Gasteiger partial charge in [0.05, 0.1) is 16.2 Å². The fourth-order valence-electron chi connectivity index (χ4n) is 2.00. The van der Waals surface area contributed by atoms with Gasteiger partial charge in [0.1, 0.15) is 0 Å². The zero-order chi connectivity index (χ0) is 16.3. The van der Waals surface area contributed by atoms with Crippen LogP contribution in [-0.4, -0.2) is 20.1 Å². The number of benzene rings is 2. The van der Waals surface area contributed by atoms with E-state index in [-0.39, 0.29) is 16.2 Å². The first-order valence-corrected chi connectivity index (χ1v) is 8.77. The van der Waals surface area contributed by atoms with Crippen LogP contribution >= 0.6 is 11.6 Å². The van der Waals surface area contributed by atoms with Crippen molar-refractivity contribution in [1.82, 2.24) is 0 Å². The number of nitrogens with one attached hydrogen (secondary N) is 1. The molecule has 0 heterocycles. The summed E-state index contributed by atoms with van der Waals surface area (Å²) in [5.74, 6) is -0.536. The van der Waals surface area contributed by atoms with E-state index in [1.807, 2.05) is 6.92 Å². The molecule has 0 unspecified atom stereocenters. The highest BCUT2D eigenvalue weighted by atomic mass is 35.5. The molecule has 2 aromatic carbocycles. The van der Waals surface area contributed by atoms with Crippen molar-refractivity contribution in [2.24, 2.45) is 0 Å². The Hall–Kier alpha value is -1.85. The Balaban J connectivity index is 2.41. The fourth-order valence-corrected chi connectivity index (χ4v) is 3.26. The third-order valence-electron chi connectivity index (χ3n) is 3.29. The molecule has 0 saturated carbocycles. The number of anilines is 1. The number of hydrogen-bond donors (Lipinski definition) is 1.